The van der Waals surface area contributed by atoms with Gasteiger partial charge in [0.2, 0.25) is 5.91 Å². The Morgan fingerprint density at radius 1 is 1.03 bits per heavy atom. The maximum atomic E-state index is 13.7. The molecule has 6 heterocycles. The number of pyridine rings is 3. The second-order valence-corrected chi connectivity index (χ2v) is 10.7. The van der Waals surface area contributed by atoms with E-state index >= 15 is 0 Å². The van der Waals surface area contributed by atoms with Crippen molar-refractivity contribution in [2.75, 3.05) is 5.32 Å². The molecule has 0 bridgehead atoms. The van der Waals surface area contributed by atoms with Crippen LogP contribution in [0.5, 0.6) is 0 Å². The molecule has 0 unspecified atom stereocenters. The quantitative estimate of drug-likeness (QED) is 0.274. The summed E-state index contributed by atoms with van der Waals surface area (Å²) in [6.07, 6.45) is 8.37. The summed E-state index contributed by atoms with van der Waals surface area (Å²) < 4.78 is 13.7. The topological polar surface area (TPSA) is 125 Å². The van der Waals surface area contributed by atoms with Crippen LogP contribution in [0.25, 0.3) is 55.2 Å². The maximum absolute atomic E-state index is 13.7. The highest BCUT2D eigenvalue weighted by molar-refractivity contribution is 7.14. The number of thiophene rings is 1. The second kappa shape index (κ2) is 8.56. The zero-order valence-corrected chi connectivity index (χ0v) is 20.9. The van der Waals surface area contributed by atoms with E-state index in [-0.39, 0.29) is 11.0 Å². The third-order valence-corrected chi connectivity index (χ3v) is 6.78. The number of aromatic nitrogens is 7. The number of hydrogen-bond acceptors (Lipinski definition) is 7. The summed E-state index contributed by atoms with van der Waals surface area (Å²) in [6.45, 7) is 5.56. The summed E-state index contributed by atoms with van der Waals surface area (Å²) in [7, 11) is 0. The number of aromatic amines is 2. The molecule has 0 saturated carbocycles. The number of nitrogens with one attached hydrogen (secondary N) is 3. The van der Waals surface area contributed by atoms with Gasteiger partial charge >= 0.3 is 0 Å². The first-order valence-corrected chi connectivity index (χ1v) is 12.3. The lowest BCUT2D eigenvalue weighted by atomic mass is 9.95. The van der Waals surface area contributed by atoms with Gasteiger partial charge in [0.15, 0.2) is 11.0 Å². The van der Waals surface area contributed by atoms with Crippen LogP contribution in [0.2, 0.25) is 0 Å². The van der Waals surface area contributed by atoms with Gasteiger partial charge in [-0.3, -0.25) is 24.8 Å². The molecule has 0 aliphatic carbocycles. The van der Waals surface area contributed by atoms with E-state index in [1.54, 1.807) is 37.1 Å². The van der Waals surface area contributed by atoms with Crippen LogP contribution in [0, 0.1) is 10.5 Å². The van der Waals surface area contributed by atoms with Crippen molar-refractivity contribution in [2.24, 2.45) is 5.41 Å². The van der Waals surface area contributed by atoms with Gasteiger partial charge in [-0.2, -0.15) is 9.49 Å². The van der Waals surface area contributed by atoms with Crippen molar-refractivity contribution in [3.05, 3.63) is 60.4 Å². The summed E-state index contributed by atoms with van der Waals surface area (Å²) in [5.74, 6) is 0.449. The Balaban J connectivity index is 1.40. The van der Waals surface area contributed by atoms with Crippen molar-refractivity contribution >= 4 is 44.9 Å². The van der Waals surface area contributed by atoms with Crippen LogP contribution in [0.15, 0.2) is 55.2 Å². The van der Waals surface area contributed by atoms with E-state index in [0.717, 1.165) is 43.8 Å². The van der Waals surface area contributed by atoms with Gasteiger partial charge in [-0.05, 0) is 24.3 Å². The number of anilines is 1. The van der Waals surface area contributed by atoms with E-state index in [1.807, 2.05) is 32.9 Å². The van der Waals surface area contributed by atoms with Crippen LogP contribution in [0.3, 0.4) is 0 Å². The van der Waals surface area contributed by atoms with Crippen molar-refractivity contribution in [1.29, 1.82) is 0 Å². The molecule has 11 heteroatoms. The molecule has 3 N–H and O–H groups in total. The highest BCUT2D eigenvalue weighted by Gasteiger charge is 2.22. The molecule has 6 aromatic heterocycles. The van der Waals surface area contributed by atoms with Gasteiger partial charge in [-0.25, -0.2) is 4.98 Å². The van der Waals surface area contributed by atoms with Crippen molar-refractivity contribution in [3.8, 4) is 33.2 Å². The summed E-state index contributed by atoms with van der Waals surface area (Å²) in [5, 5.41) is 10.9. The molecule has 0 saturated heterocycles. The zero-order chi connectivity index (χ0) is 25.7. The predicted octanol–water partition coefficient (Wildman–Crippen LogP) is 5.81. The fourth-order valence-corrected chi connectivity index (χ4v) is 4.65. The summed E-state index contributed by atoms with van der Waals surface area (Å²) in [5.41, 5.74) is 4.98. The minimum atomic E-state index is -0.529. The lowest BCUT2D eigenvalue weighted by Crippen LogP contribution is -2.27. The van der Waals surface area contributed by atoms with E-state index in [9.17, 15) is 9.18 Å². The second-order valence-electron chi connectivity index (χ2n) is 9.63. The number of nitrogens with zero attached hydrogens (tertiary/aromatic N) is 5. The van der Waals surface area contributed by atoms with Crippen molar-refractivity contribution in [1.82, 2.24) is 35.1 Å². The first-order valence-electron chi connectivity index (χ1n) is 11.5. The number of amides is 1. The Morgan fingerprint density at radius 2 is 1.86 bits per heavy atom. The Bertz CT molecular complexity index is 1800. The van der Waals surface area contributed by atoms with Gasteiger partial charge < -0.3 is 10.3 Å². The number of imidazole rings is 1. The van der Waals surface area contributed by atoms with Gasteiger partial charge in [-0.15, -0.1) is 11.3 Å². The third-order valence-electron chi connectivity index (χ3n) is 5.88. The molecule has 1 amide bonds. The molecule has 0 aliphatic rings. The van der Waals surface area contributed by atoms with Crippen LogP contribution in [-0.4, -0.2) is 41.0 Å². The standard InChI is InChI=1S/C26H21FN8OS/c1-26(2,3)25(36)31-14-6-13(8-28-9-14)17-7-15-18(12-30-17)34-35-23(15)24-32-19-11-29-10-16(22(19)33-24)20-4-5-21(27)37-20/h4-12H,1-3H3,(H,31,36)(H,32,33)(H,34,35). The average molecular weight is 513 g/mol. The molecular weight excluding hydrogens is 491 g/mol. The molecule has 0 radical (unpaired) electrons. The molecule has 9 nitrogen and oxygen atoms in total. The van der Waals surface area contributed by atoms with Gasteiger partial charge in [0.1, 0.15) is 11.2 Å². The monoisotopic (exact) mass is 512 g/mol. The number of H-pyrrole nitrogens is 2. The van der Waals surface area contributed by atoms with Gasteiger partial charge in [0, 0.05) is 39.2 Å². The molecule has 6 aromatic rings. The third kappa shape index (κ3) is 4.23. The Labute approximate surface area is 214 Å². The number of rotatable bonds is 4. The molecular formula is C26H21FN8OS. The lowest BCUT2D eigenvalue weighted by molar-refractivity contribution is -0.123. The Morgan fingerprint density at radius 3 is 2.65 bits per heavy atom. The van der Waals surface area contributed by atoms with Crippen LogP contribution in [0.1, 0.15) is 20.8 Å². The highest BCUT2D eigenvalue weighted by atomic mass is 32.1. The van der Waals surface area contributed by atoms with E-state index in [1.165, 1.54) is 6.07 Å². The number of carbonyl (C=O) groups excluding carboxylic acids is 1. The van der Waals surface area contributed by atoms with Gasteiger partial charge in [0.05, 0.1) is 41.0 Å². The van der Waals surface area contributed by atoms with E-state index in [4.69, 9.17) is 4.98 Å². The lowest BCUT2D eigenvalue weighted by Gasteiger charge is -2.17. The van der Waals surface area contributed by atoms with E-state index < -0.39 is 5.41 Å². The molecule has 0 aliphatic heterocycles. The van der Waals surface area contributed by atoms with E-state index in [2.05, 4.69) is 35.5 Å². The highest BCUT2D eigenvalue weighted by Crippen LogP contribution is 2.34. The normalized spacial score (nSPS) is 11.9. The molecule has 0 spiro atoms. The first kappa shape index (κ1) is 22.9. The number of hydrogen-bond donors (Lipinski definition) is 3. The van der Waals surface area contributed by atoms with Crippen LogP contribution < -0.4 is 5.32 Å². The minimum Gasteiger partial charge on any atom is -0.335 e. The fraction of sp³-hybridized carbons (Fsp3) is 0.154. The summed E-state index contributed by atoms with van der Waals surface area (Å²) in [4.78, 5) is 34.4. The predicted molar refractivity (Wildman–Crippen MR) is 141 cm³/mol. The molecule has 6 rings (SSSR count). The minimum absolute atomic E-state index is 0.101. The maximum Gasteiger partial charge on any atom is 0.229 e. The number of carbonyl (C=O) groups is 1. The van der Waals surface area contributed by atoms with Crippen LogP contribution in [0.4, 0.5) is 10.1 Å². The van der Waals surface area contributed by atoms with E-state index in [0.29, 0.717) is 28.4 Å². The molecule has 0 atom stereocenters. The van der Waals surface area contributed by atoms with Crippen molar-refractivity contribution < 1.29 is 9.18 Å². The zero-order valence-electron chi connectivity index (χ0n) is 20.1. The first-order chi connectivity index (χ1) is 17.8. The van der Waals surface area contributed by atoms with Gasteiger partial charge in [0.25, 0.3) is 0 Å². The van der Waals surface area contributed by atoms with Crippen molar-refractivity contribution in [3.63, 3.8) is 0 Å². The molecule has 0 fully saturated rings. The average Bonchev–Trinajstić information content (AvgIpc) is 3.60. The summed E-state index contributed by atoms with van der Waals surface area (Å²) in [6, 6.07) is 6.89. The van der Waals surface area contributed by atoms with Crippen LogP contribution >= 0.6 is 11.3 Å². The number of fused-ring (bicyclic) bond motifs is 2. The van der Waals surface area contributed by atoms with Gasteiger partial charge in [-0.1, -0.05) is 20.8 Å². The van der Waals surface area contributed by atoms with Crippen molar-refractivity contribution in [2.45, 2.75) is 20.8 Å². The Hall–Kier alpha value is -4.51. The molecule has 184 valence electrons. The largest absolute Gasteiger partial charge is 0.335 e. The molecule has 0 aromatic carbocycles. The number of halogens is 1. The summed E-state index contributed by atoms with van der Waals surface area (Å²) >= 11 is 1.05. The van der Waals surface area contributed by atoms with Crippen LogP contribution in [-0.2, 0) is 4.79 Å². The fourth-order valence-electron chi connectivity index (χ4n) is 3.91. The SMILES string of the molecule is CC(C)(C)C(=O)Nc1cncc(-c2cc3c(-c4nc5c(-c6ccc(F)s6)cncc5[nH]4)n[nH]c3cn2)c1. The smallest absolute Gasteiger partial charge is 0.229 e. The molecule has 37 heavy (non-hydrogen) atoms. The Kier molecular flexibility index (Phi) is 5.30.